The molecule has 19 heavy (non-hydrogen) atoms. The lowest BCUT2D eigenvalue weighted by molar-refractivity contribution is 0.0621. The van der Waals surface area contributed by atoms with Crippen LogP contribution in [0.15, 0.2) is 12.1 Å². The van der Waals surface area contributed by atoms with Gasteiger partial charge in [0.15, 0.2) is 11.6 Å². The van der Waals surface area contributed by atoms with Gasteiger partial charge < -0.3 is 15.7 Å². The van der Waals surface area contributed by atoms with Crippen molar-refractivity contribution in [3.63, 3.8) is 0 Å². The van der Waals surface area contributed by atoms with Crippen molar-refractivity contribution in [3.05, 3.63) is 29.3 Å². The van der Waals surface area contributed by atoms with E-state index in [2.05, 4.69) is 0 Å². The molecule has 1 fully saturated rings. The van der Waals surface area contributed by atoms with Gasteiger partial charge in [0.25, 0.3) is 5.91 Å². The van der Waals surface area contributed by atoms with Crippen molar-refractivity contribution in [2.24, 2.45) is 5.92 Å². The third-order valence-electron chi connectivity index (χ3n) is 3.39. The number of halogens is 2. The highest BCUT2D eigenvalue weighted by molar-refractivity contribution is 5.99. The molecule has 1 saturated heterocycles. The Kier molecular flexibility index (Phi) is 3.99. The average molecular weight is 270 g/mol. The van der Waals surface area contributed by atoms with E-state index in [0.717, 1.165) is 25.0 Å². The predicted molar refractivity (Wildman–Crippen MR) is 66.5 cm³/mol. The Morgan fingerprint density at radius 2 is 2.11 bits per heavy atom. The second-order valence-corrected chi connectivity index (χ2v) is 4.80. The highest BCUT2D eigenvalue weighted by atomic mass is 19.2. The molecule has 0 saturated carbocycles. The van der Waals surface area contributed by atoms with Crippen molar-refractivity contribution < 1.29 is 18.7 Å². The molecular weight excluding hydrogens is 254 g/mol. The van der Waals surface area contributed by atoms with Crippen molar-refractivity contribution in [3.8, 4) is 0 Å². The van der Waals surface area contributed by atoms with Crippen LogP contribution in [-0.4, -0.2) is 35.6 Å². The number of nitrogens with two attached hydrogens (primary N) is 1. The Morgan fingerprint density at radius 3 is 2.79 bits per heavy atom. The van der Waals surface area contributed by atoms with Crippen LogP contribution >= 0.6 is 0 Å². The molecular formula is C13H16F2N2O2. The molecule has 1 heterocycles. The lowest BCUT2D eigenvalue weighted by Gasteiger charge is -2.32. The van der Waals surface area contributed by atoms with Crippen molar-refractivity contribution in [1.82, 2.24) is 4.90 Å². The van der Waals surface area contributed by atoms with Crippen LogP contribution in [0, 0.1) is 17.6 Å². The maximum Gasteiger partial charge on any atom is 0.256 e. The number of aliphatic hydroxyl groups excluding tert-OH is 1. The van der Waals surface area contributed by atoms with Gasteiger partial charge in [-0.05, 0) is 24.8 Å². The van der Waals surface area contributed by atoms with E-state index < -0.39 is 17.5 Å². The molecule has 1 amide bonds. The summed E-state index contributed by atoms with van der Waals surface area (Å²) in [5.74, 6) is -2.55. The van der Waals surface area contributed by atoms with Crippen LogP contribution < -0.4 is 5.73 Å². The minimum Gasteiger partial charge on any atom is -0.398 e. The number of rotatable bonds is 2. The smallest absolute Gasteiger partial charge is 0.256 e. The Hall–Kier alpha value is -1.69. The van der Waals surface area contributed by atoms with Crippen LogP contribution in [0.3, 0.4) is 0 Å². The molecule has 1 aliphatic rings. The number of amides is 1. The standard InChI is InChI=1S/C13H16F2N2O2/c14-10-4-9(12(16)5-11(10)15)13(19)17-3-1-2-8(6-17)7-18/h4-5,8,18H,1-3,6-7,16H2. The van der Waals surface area contributed by atoms with E-state index in [4.69, 9.17) is 10.8 Å². The number of anilines is 1. The molecule has 0 radical (unpaired) electrons. The van der Waals surface area contributed by atoms with Gasteiger partial charge in [0.2, 0.25) is 0 Å². The minimum absolute atomic E-state index is 0.0110. The fourth-order valence-electron chi connectivity index (χ4n) is 2.32. The zero-order chi connectivity index (χ0) is 14.0. The summed E-state index contributed by atoms with van der Waals surface area (Å²) in [7, 11) is 0. The lowest BCUT2D eigenvalue weighted by atomic mass is 9.98. The van der Waals surface area contributed by atoms with Gasteiger partial charge in [-0.25, -0.2) is 8.78 Å². The van der Waals surface area contributed by atoms with Crippen LogP contribution in [0.4, 0.5) is 14.5 Å². The highest BCUT2D eigenvalue weighted by Crippen LogP contribution is 2.22. The summed E-state index contributed by atoms with van der Waals surface area (Å²) in [4.78, 5) is 13.7. The topological polar surface area (TPSA) is 66.6 Å². The van der Waals surface area contributed by atoms with Crippen molar-refractivity contribution in [2.45, 2.75) is 12.8 Å². The Labute approximate surface area is 109 Å². The van der Waals surface area contributed by atoms with E-state index >= 15 is 0 Å². The quantitative estimate of drug-likeness (QED) is 0.798. The molecule has 6 heteroatoms. The first-order valence-corrected chi connectivity index (χ1v) is 6.17. The number of aliphatic hydroxyl groups is 1. The molecule has 1 aromatic carbocycles. The molecule has 2 rings (SSSR count). The SMILES string of the molecule is Nc1cc(F)c(F)cc1C(=O)N1CCCC(CO)C1. The van der Waals surface area contributed by atoms with Crippen LogP contribution in [-0.2, 0) is 0 Å². The molecule has 1 atom stereocenters. The largest absolute Gasteiger partial charge is 0.398 e. The summed E-state index contributed by atoms with van der Waals surface area (Å²) in [5, 5.41) is 9.12. The zero-order valence-corrected chi connectivity index (χ0v) is 10.4. The number of carbonyl (C=O) groups excluding carboxylic acids is 1. The summed E-state index contributed by atoms with van der Waals surface area (Å²) in [6.07, 6.45) is 1.63. The second kappa shape index (κ2) is 5.52. The van der Waals surface area contributed by atoms with Gasteiger partial charge >= 0.3 is 0 Å². The highest BCUT2D eigenvalue weighted by Gasteiger charge is 2.26. The number of carbonyl (C=O) groups is 1. The van der Waals surface area contributed by atoms with Gasteiger partial charge in [-0.2, -0.15) is 0 Å². The normalized spacial score (nSPS) is 19.5. The van der Waals surface area contributed by atoms with E-state index in [1.165, 1.54) is 4.90 Å². The number of likely N-dealkylation sites (tertiary alicyclic amines) is 1. The van der Waals surface area contributed by atoms with Gasteiger partial charge in [-0.15, -0.1) is 0 Å². The van der Waals surface area contributed by atoms with E-state index in [9.17, 15) is 13.6 Å². The van der Waals surface area contributed by atoms with Gasteiger partial charge in [0, 0.05) is 31.5 Å². The third kappa shape index (κ3) is 2.84. The summed E-state index contributed by atoms with van der Waals surface area (Å²) >= 11 is 0. The van der Waals surface area contributed by atoms with Gasteiger partial charge in [0.1, 0.15) is 0 Å². The number of hydrogen-bond acceptors (Lipinski definition) is 3. The molecule has 0 bridgehead atoms. The third-order valence-corrected chi connectivity index (χ3v) is 3.39. The number of nitrogen functional groups attached to an aromatic ring is 1. The van der Waals surface area contributed by atoms with Crippen LogP contribution in [0.2, 0.25) is 0 Å². The maximum atomic E-state index is 13.2. The Balaban J connectivity index is 2.22. The Bertz CT molecular complexity index is 494. The molecule has 1 aromatic rings. The monoisotopic (exact) mass is 270 g/mol. The second-order valence-electron chi connectivity index (χ2n) is 4.80. The first-order chi connectivity index (χ1) is 9.02. The molecule has 0 aliphatic carbocycles. The van der Waals surface area contributed by atoms with Gasteiger partial charge in [-0.3, -0.25) is 4.79 Å². The van der Waals surface area contributed by atoms with E-state index in [1.807, 2.05) is 0 Å². The molecule has 3 N–H and O–H groups in total. The Morgan fingerprint density at radius 1 is 1.42 bits per heavy atom. The summed E-state index contributed by atoms with van der Waals surface area (Å²) in [6, 6.07) is 1.64. The van der Waals surface area contributed by atoms with E-state index in [1.54, 1.807) is 0 Å². The zero-order valence-electron chi connectivity index (χ0n) is 10.4. The number of piperidine rings is 1. The van der Waals surface area contributed by atoms with E-state index in [0.29, 0.717) is 13.1 Å². The minimum atomic E-state index is -1.09. The summed E-state index contributed by atoms with van der Waals surface area (Å²) in [6.45, 7) is 0.957. The predicted octanol–water partition coefficient (Wildman–Crippen LogP) is 1.39. The number of benzene rings is 1. The van der Waals surface area contributed by atoms with E-state index in [-0.39, 0.29) is 23.8 Å². The van der Waals surface area contributed by atoms with Crippen LogP contribution in [0.1, 0.15) is 23.2 Å². The van der Waals surface area contributed by atoms with Gasteiger partial charge in [-0.1, -0.05) is 0 Å². The molecule has 1 aliphatic heterocycles. The van der Waals surface area contributed by atoms with Crippen LogP contribution in [0.5, 0.6) is 0 Å². The summed E-state index contributed by atoms with van der Waals surface area (Å²) in [5.41, 5.74) is 5.46. The number of hydrogen-bond donors (Lipinski definition) is 2. The average Bonchev–Trinajstić information content (AvgIpc) is 2.42. The fraction of sp³-hybridized carbons (Fsp3) is 0.462. The number of nitrogens with zero attached hydrogens (tertiary/aromatic N) is 1. The van der Waals surface area contributed by atoms with Gasteiger partial charge in [0.05, 0.1) is 5.56 Å². The van der Waals surface area contributed by atoms with Crippen molar-refractivity contribution in [2.75, 3.05) is 25.4 Å². The fourth-order valence-corrected chi connectivity index (χ4v) is 2.32. The molecule has 0 aromatic heterocycles. The molecule has 1 unspecified atom stereocenters. The summed E-state index contributed by atoms with van der Waals surface area (Å²) < 4.78 is 26.2. The first kappa shape index (κ1) is 13.7. The van der Waals surface area contributed by atoms with Crippen LogP contribution in [0.25, 0.3) is 0 Å². The molecule has 0 spiro atoms. The van der Waals surface area contributed by atoms with Crippen molar-refractivity contribution in [1.29, 1.82) is 0 Å². The van der Waals surface area contributed by atoms with Crippen molar-refractivity contribution >= 4 is 11.6 Å². The maximum absolute atomic E-state index is 13.2. The first-order valence-electron chi connectivity index (χ1n) is 6.17. The molecule has 4 nitrogen and oxygen atoms in total. The molecule has 104 valence electrons. The lowest BCUT2D eigenvalue weighted by Crippen LogP contribution is -2.41.